The Hall–Kier alpha value is -1.76. The fourth-order valence-electron chi connectivity index (χ4n) is 2.53. The summed E-state index contributed by atoms with van der Waals surface area (Å²) < 4.78 is 5.32. The predicted molar refractivity (Wildman–Crippen MR) is 78.5 cm³/mol. The summed E-state index contributed by atoms with van der Waals surface area (Å²) in [6.07, 6.45) is 0. The average Bonchev–Trinajstić information content (AvgIpc) is 2.99. The molecule has 112 valence electrons. The van der Waals surface area contributed by atoms with Crippen molar-refractivity contribution in [3.05, 3.63) is 36.2 Å². The van der Waals surface area contributed by atoms with Crippen LogP contribution < -0.4 is 0 Å². The number of piperazine rings is 1. The van der Waals surface area contributed by atoms with Gasteiger partial charge in [0.15, 0.2) is 5.82 Å². The van der Waals surface area contributed by atoms with Gasteiger partial charge in [-0.1, -0.05) is 23.4 Å². The van der Waals surface area contributed by atoms with Crippen molar-refractivity contribution in [2.45, 2.75) is 6.54 Å². The zero-order valence-electron chi connectivity index (χ0n) is 12.0. The normalized spacial score (nSPS) is 17.2. The summed E-state index contributed by atoms with van der Waals surface area (Å²) in [7, 11) is 0. The van der Waals surface area contributed by atoms with Crippen molar-refractivity contribution >= 4 is 0 Å². The van der Waals surface area contributed by atoms with Gasteiger partial charge in [0.1, 0.15) is 0 Å². The predicted octanol–water partition coefficient (Wildman–Crippen LogP) is 0.846. The fraction of sp³-hybridized carbons (Fsp3) is 0.467. The number of β-amino-alcohol motifs (C(OH)–C–C–N with tert-alkyl or cyclic N) is 1. The van der Waals surface area contributed by atoms with Crippen LogP contribution in [0, 0.1) is 0 Å². The molecule has 2 heterocycles. The van der Waals surface area contributed by atoms with Gasteiger partial charge in [0.05, 0.1) is 13.2 Å². The lowest BCUT2D eigenvalue weighted by Gasteiger charge is -2.33. The highest BCUT2D eigenvalue weighted by atomic mass is 16.5. The van der Waals surface area contributed by atoms with Gasteiger partial charge in [-0.15, -0.1) is 0 Å². The Balaban J connectivity index is 1.56. The molecule has 1 aromatic carbocycles. The van der Waals surface area contributed by atoms with Crippen LogP contribution in [0.3, 0.4) is 0 Å². The molecule has 0 atom stereocenters. The largest absolute Gasteiger partial charge is 0.395 e. The highest BCUT2D eigenvalue weighted by Gasteiger charge is 2.18. The number of aliphatic hydroxyl groups is 1. The molecule has 0 amide bonds. The van der Waals surface area contributed by atoms with Crippen molar-refractivity contribution < 1.29 is 9.63 Å². The molecule has 2 aromatic rings. The molecule has 1 aliphatic heterocycles. The summed E-state index contributed by atoms with van der Waals surface area (Å²) in [6, 6.07) is 9.81. The minimum absolute atomic E-state index is 0.227. The molecular formula is C15H20N4O2. The van der Waals surface area contributed by atoms with Crippen molar-refractivity contribution in [2.24, 2.45) is 0 Å². The first-order valence-electron chi connectivity index (χ1n) is 7.29. The van der Waals surface area contributed by atoms with Crippen molar-refractivity contribution in [1.29, 1.82) is 0 Å². The molecule has 0 unspecified atom stereocenters. The van der Waals surface area contributed by atoms with Crippen LogP contribution in [0.15, 0.2) is 34.9 Å². The first kappa shape index (κ1) is 14.2. The number of hydrogen-bond donors (Lipinski definition) is 1. The third-order valence-corrected chi connectivity index (χ3v) is 3.73. The Kier molecular flexibility index (Phi) is 4.59. The molecule has 0 bridgehead atoms. The Bertz CT molecular complexity index is 550. The van der Waals surface area contributed by atoms with Gasteiger partial charge in [-0.25, -0.2) is 0 Å². The fourth-order valence-corrected chi connectivity index (χ4v) is 2.53. The van der Waals surface area contributed by atoms with Crippen LogP contribution in [0.5, 0.6) is 0 Å². The van der Waals surface area contributed by atoms with Crippen LogP contribution in [-0.4, -0.2) is 64.4 Å². The summed E-state index contributed by atoms with van der Waals surface area (Å²) in [5.74, 6) is 1.30. The van der Waals surface area contributed by atoms with Crippen molar-refractivity contribution in [1.82, 2.24) is 19.9 Å². The van der Waals surface area contributed by atoms with Crippen LogP contribution in [0.1, 0.15) is 5.82 Å². The van der Waals surface area contributed by atoms with E-state index in [0.717, 1.165) is 44.1 Å². The number of rotatable bonds is 5. The lowest BCUT2D eigenvalue weighted by Crippen LogP contribution is -2.46. The van der Waals surface area contributed by atoms with Crippen LogP contribution >= 0.6 is 0 Å². The van der Waals surface area contributed by atoms with E-state index in [0.29, 0.717) is 12.4 Å². The Morgan fingerprint density at radius 1 is 1.05 bits per heavy atom. The minimum Gasteiger partial charge on any atom is -0.395 e. The lowest BCUT2D eigenvalue weighted by molar-refractivity contribution is 0.106. The zero-order valence-corrected chi connectivity index (χ0v) is 12.0. The molecule has 1 aliphatic rings. The van der Waals surface area contributed by atoms with Crippen molar-refractivity contribution in [3.8, 4) is 11.5 Å². The highest BCUT2D eigenvalue weighted by molar-refractivity contribution is 5.51. The molecule has 1 aromatic heterocycles. The van der Waals surface area contributed by atoms with Crippen molar-refractivity contribution in [3.63, 3.8) is 0 Å². The smallest absolute Gasteiger partial charge is 0.257 e. The van der Waals surface area contributed by atoms with Gasteiger partial charge >= 0.3 is 0 Å². The minimum atomic E-state index is 0.227. The molecule has 3 rings (SSSR count). The highest BCUT2D eigenvalue weighted by Crippen LogP contribution is 2.17. The van der Waals surface area contributed by atoms with Gasteiger partial charge in [-0.05, 0) is 12.1 Å². The molecule has 0 saturated carbocycles. The van der Waals surface area contributed by atoms with Gasteiger partial charge < -0.3 is 9.63 Å². The second kappa shape index (κ2) is 6.80. The van der Waals surface area contributed by atoms with E-state index in [1.165, 1.54) is 0 Å². The van der Waals surface area contributed by atoms with Crippen LogP contribution in [0.2, 0.25) is 0 Å². The molecule has 6 heteroatoms. The Morgan fingerprint density at radius 3 is 2.48 bits per heavy atom. The Morgan fingerprint density at radius 2 is 1.76 bits per heavy atom. The van der Waals surface area contributed by atoms with E-state index in [4.69, 9.17) is 9.63 Å². The second-order valence-electron chi connectivity index (χ2n) is 5.22. The molecular weight excluding hydrogens is 268 g/mol. The van der Waals surface area contributed by atoms with Crippen LogP contribution in [0.4, 0.5) is 0 Å². The van der Waals surface area contributed by atoms with Gasteiger partial charge in [0.25, 0.3) is 5.89 Å². The third-order valence-electron chi connectivity index (χ3n) is 3.73. The van der Waals surface area contributed by atoms with Gasteiger partial charge in [-0.2, -0.15) is 4.98 Å². The molecule has 1 fully saturated rings. The van der Waals surface area contributed by atoms with E-state index < -0.39 is 0 Å². The van der Waals surface area contributed by atoms with E-state index in [1.807, 2.05) is 30.3 Å². The lowest BCUT2D eigenvalue weighted by atomic mass is 10.2. The van der Waals surface area contributed by atoms with Gasteiger partial charge in [-0.3, -0.25) is 9.80 Å². The summed E-state index contributed by atoms with van der Waals surface area (Å²) in [6.45, 7) is 5.58. The zero-order chi connectivity index (χ0) is 14.5. The molecule has 21 heavy (non-hydrogen) atoms. The summed E-state index contributed by atoms with van der Waals surface area (Å²) in [5.41, 5.74) is 0.948. The van der Waals surface area contributed by atoms with E-state index in [1.54, 1.807) is 0 Å². The second-order valence-corrected chi connectivity index (χ2v) is 5.22. The van der Waals surface area contributed by atoms with E-state index in [2.05, 4.69) is 19.9 Å². The molecule has 0 spiro atoms. The standard InChI is InChI=1S/C15H20N4O2/c20-11-10-18-6-8-19(9-7-18)12-14-16-15(21-17-14)13-4-2-1-3-5-13/h1-5,20H,6-12H2. The number of aromatic nitrogens is 2. The molecule has 1 saturated heterocycles. The molecule has 0 aliphatic carbocycles. The summed E-state index contributed by atoms with van der Waals surface area (Å²) >= 11 is 0. The quantitative estimate of drug-likeness (QED) is 0.880. The average molecular weight is 288 g/mol. The van der Waals surface area contributed by atoms with E-state index >= 15 is 0 Å². The topological polar surface area (TPSA) is 65.6 Å². The summed E-state index contributed by atoms with van der Waals surface area (Å²) in [5, 5.41) is 13.0. The number of aliphatic hydroxyl groups excluding tert-OH is 1. The van der Waals surface area contributed by atoms with Crippen molar-refractivity contribution in [2.75, 3.05) is 39.3 Å². The number of benzene rings is 1. The Labute approximate surface area is 124 Å². The molecule has 6 nitrogen and oxygen atoms in total. The van der Waals surface area contributed by atoms with Gasteiger partial charge in [0.2, 0.25) is 0 Å². The first-order chi connectivity index (χ1) is 10.3. The maximum absolute atomic E-state index is 8.94. The first-order valence-corrected chi connectivity index (χ1v) is 7.29. The monoisotopic (exact) mass is 288 g/mol. The van der Waals surface area contributed by atoms with Crippen LogP contribution in [0.25, 0.3) is 11.5 Å². The van der Waals surface area contributed by atoms with Crippen LogP contribution in [-0.2, 0) is 6.54 Å². The summed E-state index contributed by atoms with van der Waals surface area (Å²) in [4.78, 5) is 9.04. The third kappa shape index (κ3) is 3.66. The van der Waals surface area contributed by atoms with Gasteiger partial charge in [0, 0.05) is 38.3 Å². The number of nitrogens with zero attached hydrogens (tertiary/aromatic N) is 4. The maximum atomic E-state index is 8.94. The molecule has 0 radical (unpaired) electrons. The van der Waals surface area contributed by atoms with E-state index in [-0.39, 0.29) is 6.61 Å². The maximum Gasteiger partial charge on any atom is 0.257 e. The molecule has 1 N–H and O–H groups in total. The number of hydrogen-bond acceptors (Lipinski definition) is 6. The van der Waals surface area contributed by atoms with E-state index in [9.17, 15) is 0 Å². The SMILES string of the molecule is OCCN1CCN(Cc2noc(-c3ccccc3)n2)CC1.